The molecule has 12 heteroatoms. The van der Waals surface area contributed by atoms with E-state index in [0.29, 0.717) is 53.4 Å². The topological polar surface area (TPSA) is 141 Å². The van der Waals surface area contributed by atoms with Crippen molar-refractivity contribution in [2.75, 3.05) is 45.8 Å². The number of esters is 1. The van der Waals surface area contributed by atoms with Gasteiger partial charge in [0.2, 0.25) is 23.0 Å². The summed E-state index contributed by atoms with van der Waals surface area (Å²) in [5.41, 5.74) is 2.75. The first-order valence-electron chi connectivity index (χ1n) is 14.4. The lowest BCUT2D eigenvalue weighted by atomic mass is 9.95. The molecule has 3 atom stereocenters. The number of ether oxygens (including phenoxy) is 4. The lowest BCUT2D eigenvalue weighted by molar-refractivity contribution is -0.146. The molecule has 0 aliphatic heterocycles. The molecule has 0 saturated heterocycles. The molecular weight excluding hydrogens is 586 g/mol. The summed E-state index contributed by atoms with van der Waals surface area (Å²) in [4.78, 5) is 51.8. The van der Waals surface area contributed by atoms with E-state index >= 15 is 0 Å². The maximum Gasteiger partial charge on any atom is 0.328 e. The molecule has 0 fully saturated rings. The van der Waals surface area contributed by atoms with E-state index in [-0.39, 0.29) is 22.9 Å². The van der Waals surface area contributed by atoms with Crippen molar-refractivity contribution in [1.82, 2.24) is 10.6 Å². The quantitative estimate of drug-likeness (QED) is 0.281. The van der Waals surface area contributed by atoms with Crippen molar-refractivity contribution in [2.45, 2.75) is 58.2 Å². The van der Waals surface area contributed by atoms with Crippen LogP contribution >= 0.6 is 11.8 Å². The fraction of sp³-hybridized carbons (Fsp3) is 0.500. The molecule has 0 radical (unpaired) electrons. The minimum atomic E-state index is -0.838. The Labute approximate surface area is 262 Å². The van der Waals surface area contributed by atoms with E-state index in [9.17, 15) is 19.2 Å². The number of hydrogen-bond donors (Lipinski definition) is 3. The summed E-state index contributed by atoms with van der Waals surface area (Å²) in [5.74, 6) is 0.591. The second kappa shape index (κ2) is 15.7. The van der Waals surface area contributed by atoms with Crippen LogP contribution in [-0.2, 0) is 25.5 Å². The number of benzene rings is 1. The number of anilines is 1. The Kier molecular flexibility index (Phi) is 12.3. The summed E-state index contributed by atoms with van der Waals surface area (Å²) in [7, 11) is 5.89. The molecule has 0 spiro atoms. The summed E-state index contributed by atoms with van der Waals surface area (Å²) >= 11 is 1.56. The second-order valence-corrected chi connectivity index (χ2v) is 11.8. The maximum absolute atomic E-state index is 13.8. The molecule has 1 aliphatic carbocycles. The summed E-state index contributed by atoms with van der Waals surface area (Å²) in [5, 5.41) is 8.92. The van der Waals surface area contributed by atoms with Crippen LogP contribution < -0.4 is 35.6 Å². The van der Waals surface area contributed by atoms with Crippen LogP contribution in [0.3, 0.4) is 0 Å². The maximum atomic E-state index is 13.8. The number of nitrogens with one attached hydrogen (secondary N) is 3. The van der Waals surface area contributed by atoms with Gasteiger partial charge in [-0.15, -0.1) is 0 Å². The van der Waals surface area contributed by atoms with Gasteiger partial charge in [-0.3, -0.25) is 14.4 Å². The predicted octanol–water partition coefficient (Wildman–Crippen LogP) is 3.71. The first-order chi connectivity index (χ1) is 21.0. The predicted molar refractivity (Wildman–Crippen MR) is 172 cm³/mol. The number of aryl methyl sites for hydroxylation is 1. The molecule has 0 heterocycles. The van der Waals surface area contributed by atoms with E-state index in [0.717, 1.165) is 11.1 Å². The zero-order chi connectivity index (χ0) is 32.6. The van der Waals surface area contributed by atoms with Crippen molar-refractivity contribution >= 4 is 35.2 Å². The third-order valence-electron chi connectivity index (χ3n) is 7.59. The number of thioether (sulfide) groups is 1. The zero-order valence-electron chi connectivity index (χ0n) is 26.6. The van der Waals surface area contributed by atoms with E-state index in [1.54, 1.807) is 31.0 Å². The Hall–Kier alpha value is -3.93. The standard InChI is InChI=1S/C32H43N3O8S/c1-17(2)28(32(39)43-7)35-31(38)24(13-14-44-8)34-23-12-10-20-21(16-25(23)37)22(33-18(3)36)11-9-19-15-26(40-4)29(41-5)30(42-6)27(19)20/h10,12,15-17,22,24,28H,9,11,13-14H2,1-8H3,(H,33,36)(H,34,37)(H,35,38). The largest absolute Gasteiger partial charge is 0.493 e. The normalized spacial score (nSPS) is 15.1. The van der Waals surface area contributed by atoms with Crippen LogP contribution in [0.15, 0.2) is 29.1 Å². The second-order valence-electron chi connectivity index (χ2n) is 10.8. The Balaban J connectivity index is 2.19. The van der Waals surface area contributed by atoms with Gasteiger partial charge in [-0.2, -0.15) is 11.8 Å². The molecule has 2 amide bonds. The van der Waals surface area contributed by atoms with Crippen molar-refractivity contribution in [3.05, 3.63) is 45.6 Å². The van der Waals surface area contributed by atoms with E-state index in [2.05, 4.69) is 16.0 Å². The molecule has 3 rings (SSSR count). The highest BCUT2D eigenvalue weighted by atomic mass is 32.2. The van der Waals surface area contributed by atoms with Crippen molar-refractivity contribution in [3.8, 4) is 28.4 Å². The van der Waals surface area contributed by atoms with Crippen LogP contribution in [0.2, 0.25) is 0 Å². The summed E-state index contributed by atoms with van der Waals surface area (Å²) in [6, 6.07) is 4.70. The molecule has 2 aromatic carbocycles. The summed E-state index contributed by atoms with van der Waals surface area (Å²) in [6.45, 7) is 5.06. The van der Waals surface area contributed by atoms with Crippen LogP contribution in [0.1, 0.15) is 50.8 Å². The lowest BCUT2D eigenvalue weighted by Gasteiger charge is -2.24. The number of amides is 2. The Bertz CT molecular complexity index is 1430. The molecule has 240 valence electrons. The van der Waals surface area contributed by atoms with Crippen LogP contribution in [0, 0.1) is 5.92 Å². The molecule has 44 heavy (non-hydrogen) atoms. The average Bonchev–Trinajstić information content (AvgIpc) is 3.24. The van der Waals surface area contributed by atoms with Crippen LogP contribution in [0.5, 0.6) is 17.2 Å². The highest BCUT2D eigenvalue weighted by Gasteiger charge is 2.31. The third-order valence-corrected chi connectivity index (χ3v) is 8.24. The minimum absolute atomic E-state index is 0.195. The number of methoxy groups -OCH3 is 4. The Morgan fingerprint density at radius 1 is 1.02 bits per heavy atom. The van der Waals surface area contributed by atoms with E-state index in [4.69, 9.17) is 18.9 Å². The smallest absolute Gasteiger partial charge is 0.328 e. The van der Waals surface area contributed by atoms with Gasteiger partial charge in [-0.1, -0.05) is 19.9 Å². The zero-order valence-corrected chi connectivity index (χ0v) is 27.4. The molecule has 3 unspecified atom stereocenters. The fourth-order valence-corrected chi connectivity index (χ4v) is 5.87. The lowest BCUT2D eigenvalue weighted by Crippen LogP contribution is -2.50. The molecule has 2 aromatic rings. The van der Waals surface area contributed by atoms with Crippen molar-refractivity contribution in [1.29, 1.82) is 0 Å². The van der Waals surface area contributed by atoms with Gasteiger partial charge in [-0.25, -0.2) is 4.79 Å². The number of carbonyl (C=O) groups is 3. The van der Waals surface area contributed by atoms with Crippen LogP contribution in [0.25, 0.3) is 11.1 Å². The SMILES string of the molecule is COC(=O)C(NC(=O)C(CCSC)Nc1ccc2c(cc1=O)C(NC(C)=O)CCc1cc(OC)c(OC)c(OC)c1-2)C(C)C. The number of hydrogen-bond acceptors (Lipinski definition) is 10. The number of rotatable bonds is 13. The van der Waals surface area contributed by atoms with Gasteiger partial charge in [0.05, 0.1) is 40.2 Å². The summed E-state index contributed by atoms with van der Waals surface area (Å²) in [6.07, 6.45) is 3.42. The van der Waals surface area contributed by atoms with Gasteiger partial charge >= 0.3 is 5.97 Å². The third kappa shape index (κ3) is 7.77. The number of carbonyl (C=O) groups excluding carboxylic acids is 3. The Morgan fingerprint density at radius 3 is 2.30 bits per heavy atom. The first kappa shape index (κ1) is 34.6. The van der Waals surface area contributed by atoms with Gasteiger partial charge in [-0.05, 0) is 72.1 Å². The van der Waals surface area contributed by atoms with Crippen LogP contribution in [-0.4, -0.2) is 70.3 Å². The van der Waals surface area contributed by atoms with E-state index < -0.39 is 30.0 Å². The van der Waals surface area contributed by atoms with Gasteiger partial charge in [0.25, 0.3) is 0 Å². The first-order valence-corrected chi connectivity index (χ1v) is 15.8. The minimum Gasteiger partial charge on any atom is -0.493 e. The van der Waals surface area contributed by atoms with Gasteiger partial charge < -0.3 is 34.9 Å². The number of fused-ring (bicyclic) bond motifs is 3. The van der Waals surface area contributed by atoms with Crippen molar-refractivity contribution < 1.29 is 33.3 Å². The van der Waals surface area contributed by atoms with Gasteiger partial charge in [0, 0.05) is 12.5 Å². The molecule has 0 bridgehead atoms. The van der Waals surface area contributed by atoms with Crippen molar-refractivity contribution in [2.24, 2.45) is 5.92 Å². The molecule has 1 aliphatic rings. The summed E-state index contributed by atoms with van der Waals surface area (Å²) < 4.78 is 22.0. The average molecular weight is 630 g/mol. The molecular formula is C32H43N3O8S. The van der Waals surface area contributed by atoms with Gasteiger partial charge in [0.1, 0.15) is 12.1 Å². The van der Waals surface area contributed by atoms with E-state index in [1.807, 2.05) is 26.2 Å². The highest BCUT2D eigenvalue weighted by molar-refractivity contribution is 7.98. The van der Waals surface area contributed by atoms with Crippen LogP contribution in [0.4, 0.5) is 5.69 Å². The Morgan fingerprint density at radius 2 is 1.73 bits per heavy atom. The monoisotopic (exact) mass is 629 g/mol. The fourth-order valence-electron chi connectivity index (χ4n) is 5.40. The highest BCUT2D eigenvalue weighted by Crippen LogP contribution is 2.50. The molecule has 3 N–H and O–H groups in total. The van der Waals surface area contributed by atoms with Crippen molar-refractivity contribution in [3.63, 3.8) is 0 Å². The van der Waals surface area contributed by atoms with Gasteiger partial charge in [0.15, 0.2) is 11.5 Å². The molecule has 11 nitrogen and oxygen atoms in total. The molecule has 0 saturated carbocycles. The molecule has 0 aromatic heterocycles. The van der Waals surface area contributed by atoms with E-state index in [1.165, 1.54) is 34.3 Å².